The maximum Gasteiger partial charge on any atom is 0.220 e. The molecule has 0 heterocycles. The lowest BCUT2D eigenvalue weighted by Gasteiger charge is -2.10. The Labute approximate surface area is 99.9 Å². The second-order valence-corrected chi connectivity index (χ2v) is 3.75. The van der Waals surface area contributed by atoms with E-state index in [0.717, 1.165) is 5.56 Å². The number of primary amides is 1. The average molecular weight is 236 g/mol. The van der Waals surface area contributed by atoms with Gasteiger partial charge in [-0.25, -0.2) is 0 Å². The Morgan fingerprint density at radius 3 is 2.82 bits per heavy atom. The van der Waals surface area contributed by atoms with Crippen LogP contribution in [0, 0.1) is 6.92 Å². The normalized spacial score (nSPS) is 11.3. The van der Waals surface area contributed by atoms with Crippen LogP contribution < -0.4 is 10.5 Å². The van der Waals surface area contributed by atoms with E-state index < -0.39 is 5.91 Å². The maximum atomic E-state index is 10.6. The van der Waals surface area contributed by atoms with Crippen LogP contribution in [0.3, 0.4) is 0 Å². The molecule has 0 atom stereocenters. The van der Waals surface area contributed by atoms with E-state index in [2.05, 4.69) is 5.16 Å². The summed E-state index contributed by atoms with van der Waals surface area (Å²) in [7, 11) is 0. The number of hydrogen-bond acceptors (Lipinski definition) is 4. The first-order valence-electron chi connectivity index (χ1n) is 5.25. The van der Waals surface area contributed by atoms with E-state index in [0.29, 0.717) is 17.0 Å². The van der Waals surface area contributed by atoms with Crippen molar-refractivity contribution in [2.24, 2.45) is 10.9 Å². The molecule has 5 nitrogen and oxygen atoms in total. The fraction of sp³-hybridized carbons (Fsp3) is 0.333. The summed E-state index contributed by atoms with van der Waals surface area (Å²) in [6, 6.07) is 5.52. The van der Waals surface area contributed by atoms with Gasteiger partial charge in [0.1, 0.15) is 5.75 Å². The molecule has 3 N–H and O–H groups in total. The largest absolute Gasteiger partial charge is 0.492 e. The number of ether oxygens (including phenoxy) is 1. The quantitative estimate of drug-likeness (QED) is 0.461. The third-order valence-corrected chi connectivity index (χ3v) is 2.28. The number of carbonyl (C=O) groups excluding carboxylic acids is 1. The van der Waals surface area contributed by atoms with Gasteiger partial charge >= 0.3 is 0 Å². The van der Waals surface area contributed by atoms with Gasteiger partial charge in [-0.3, -0.25) is 4.79 Å². The van der Waals surface area contributed by atoms with Crippen LogP contribution in [0.4, 0.5) is 0 Å². The molecule has 1 aromatic carbocycles. The van der Waals surface area contributed by atoms with Crippen molar-refractivity contribution in [2.45, 2.75) is 20.3 Å². The summed E-state index contributed by atoms with van der Waals surface area (Å²) in [5, 5.41) is 11.9. The Morgan fingerprint density at radius 1 is 1.53 bits per heavy atom. The topological polar surface area (TPSA) is 84.9 Å². The second kappa shape index (κ2) is 5.89. The van der Waals surface area contributed by atoms with Gasteiger partial charge in [0.2, 0.25) is 5.91 Å². The van der Waals surface area contributed by atoms with Crippen LogP contribution >= 0.6 is 0 Å². The fourth-order valence-electron chi connectivity index (χ4n) is 1.37. The van der Waals surface area contributed by atoms with Crippen molar-refractivity contribution < 1.29 is 14.7 Å². The lowest BCUT2D eigenvalue weighted by molar-refractivity contribution is -0.118. The van der Waals surface area contributed by atoms with Crippen molar-refractivity contribution in [1.29, 1.82) is 0 Å². The van der Waals surface area contributed by atoms with Crippen molar-refractivity contribution in [3.63, 3.8) is 0 Å². The van der Waals surface area contributed by atoms with Gasteiger partial charge in [-0.2, -0.15) is 0 Å². The van der Waals surface area contributed by atoms with Gasteiger partial charge in [0.25, 0.3) is 0 Å². The molecule has 0 radical (unpaired) electrons. The second-order valence-electron chi connectivity index (χ2n) is 3.75. The fourth-order valence-corrected chi connectivity index (χ4v) is 1.37. The minimum atomic E-state index is -0.411. The van der Waals surface area contributed by atoms with Gasteiger partial charge in [0.05, 0.1) is 18.7 Å². The van der Waals surface area contributed by atoms with E-state index in [9.17, 15) is 4.79 Å². The van der Waals surface area contributed by atoms with E-state index in [4.69, 9.17) is 15.7 Å². The summed E-state index contributed by atoms with van der Waals surface area (Å²) in [4.78, 5) is 10.6. The molecular formula is C12H16N2O3. The molecule has 0 saturated carbocycles. The predicted molar refractivity (Wildman–Crippen MR) is 64.5 cm³/mol. The Morgan fingerprint density at radius 2 is 2.24 bits per heavy atom. The minimum absolute atomic E-state index is 0.155. The first kappa shape index (κ1) is 13.0. The SMILES string of the molecule is C/C(=N\O)c1cc(C)ccc1OCCC(N)=O. The lowest BCUT2D eigenvalue weighted by Crippen LogP contribution is -2.15. The van der Waals surface area contributed by atoms with Gasteiger partial charge in [0, 0.05) is 5.56 Å². The van der Waals surface area contributed by atoms with Crippen LogP contribution in [0.25, 0.3) is 0 Å². The van der Waals surface area contributed by atoms with E-state index in [1.807, 2.05) is 19.1 Å². The molecule has 5 heteroatoms. The van der Waals surface area contributed by atoms with Gasteiger partial charge in [-0.1, -0.05) is 16.8 Å². The van der Waals surface area contributed by atoms with Crippen LogP contribution in [0.5, 0.6) is 5.75 Å². The molecule has 92 valence electrons. The molecule has 0 aromatic heterocycles. The van der Waals surface area contributed by atoms with Crippen LogP contribution in [0.15, 0.2) is 23.4 Å². The van der Waals surface area contributed by atoms with Crippen LogP contribution in [-0.2, 0) is 4.79 Å². The molecule has 0 aliphatic carbocycles. The summed E-state index contributed by atoms with van der Waals surface area (Å²) in [5.74, 6) is 0.165. The third-order valence-electron chi connectivity index (χ3n) is 2.28. The van der Waals surface area contributed by atoms with Crippen molar-refractivity contribution in [3.05, 3.63) is 29.3 Å². The zero-order valence-corrected chi connectivity index (χ0v) is 9.93. The highest BCUT2D eigenvalue weighted by Crippen LogP contribution is 2.21. The molecule has 0 bridgehead atoms. The number of nitrogens with zero attached hydrogens (tertiary/aromatic N) is 1. The van der Waals surface area contributed by atoms with Crippen molar-refractivity contribution in [1.82, 2.24) is 0 Å². The molecule has 0 unspecified atom stereocenters. The first-order valence-corrected chi connectivity index (χ1v) is 5.25. The minimum Gasteiger partial charge on any atom is -0.492 e. The molecule has 1 aromatic rings. The molecule has 0 fully saturated rings. The van der Waals surface area contributed by atoms with E-state index in [-0.39, 0.29) is 13.0 Å². The zero-order valence-electron chi connectivity index (χ0n) is 9.93. The highest BCUT2D eigenvalue weighted by Gasteiger charge is 2.08. The molecule has 0 saturated heterocycles. The molecule has 0 aliphatic heterocycles. The number of carbonyl (C=O) groups is 1. The Hall–Kier alpha value is -2.04. The maximum absolute atomic E-state index is 10.6. The Kier molecular flexibility index (Phi) is 4.51. The van der Waals surface area contributed by atoms with Crippen molar-refractivity contribution in [2.75, 3.05) is 6.61 Å². The van der Waals surface area contributed by atoms with Gasteiger partial charge in [-0.15, -0.1) is 0 Å². The highest BCUT2D eigenvalue weighted by atomic mass is 16.5. The van der Waals surface area contributed by atoms with Gasteiger partial charge < -0.3 is 15.7 Å². The number of nitrogens with two attached hydrogens (primary N) is 1. The molecular weight excluding hydrogens is 220 g/mol. The summed E-state index contributed by atoms with van der Waals surface area (Å²) in [6.45, 7) is 3.82. The summed E-state index contributed by atoms with van der Waals surface area (Å²) in [5.41, 5.74) is 7.22. The number of hydrogen-bond donors (Lipinski definition) is 2. The van der Waals surface area contributed by atoms with E-state index in [1.165, 1.54) is 0 Å². The average Bonchev–Trinajstić information content (AvgIpc) is 2.29. The summed E-state index contributed by atoms with van der Waals surface area (Å²) < 4.78 is 5.43. The number of oxime groups is 1. The smallest absolute Gasteiger partial charge is 0.220 e. The monoisotopic (exact) mass is 236 g/mol. The van der Waals surface area contributed by atoms with Crippen molar-refractivity contribution >= 4 is 11.6 Å². The predicted octanol–water partition coefficient (Wildman–Crippen LogP) is 1.45. The first-order chi connectivity index (χ1) is 8.04. The van der Waals surface area contributed by atoms with Gasteiger partial charge in [0.15, 0.2) is 0 Å². The summed E-state index contributed by atoms with van der Waals surface area (Å²) >= 11 is 0. The molecule has 0 spiro atoms. The molecule has 0 aliphatic rings. The van der Waals surface area contributed by atoms with Crippen LogP contribution in [-0.4, -0.2) is 23.4 Å². The van der Waals surface area contributed by atoms with Crippen LogP contribution in [0.2, 0.25) is 0 Å². The zero-order chi connectivity index (χ0) is 12.8. The lowest BCUT2D eigenvalue weighted by atomic mass is 10.1. The highest BCUT2D eigenvalue weighted by molar-refractivity contribution is 6.00. The van der Waals surface area contributed by atoms with Crippen molar-refractivity contribution in [3.8, 4) is 5.75 Å². The van der Waals surface area contributed by atoms with E-state index in [1.54, 1.807) is 13.0 Å². The number of rotatable bonds is 5. The number of aryl methyl sites for hydroxylation is 1. The standard InChI is InChI=1S/C12H16N2O3/c1-8-3-4-11(17-6-5-12(13)15)10(7-8)9(2)14-16/h3-4,7,16H,5-6H2,1-2H3,(H2,13,15)/b14-9+. The number of benzene rings is 1. The molecule has 17 heavy (non-hydrogen) atoms. The number of amides is 1. The molecule has 1 amide bonds. The molecule has 1 rings (SSSR count). The third kappa shape index (κ3) is 3.79. The van der Waals surface area contributed by atoms with Gasteiger partial charge in [-0.05, 0) is 26.0 Å². The Balaban J connectivity index is 2.87. The van der Waals surface area contributed by atoms with Crippen LogP contribution in [0.1, 0.15) is 24.5 Å². The van der Waals surface area contributed by atoms with E-state index >= 15 is 0 Å². The summed E-state index contributed by atoms with van der Waals surface area (Å²) in [6.07, 6.45) is 0.155. The Bertz CT molecular complexity index is 441.